The van der Waals surface area contributed by atoms with Crippen molar-refractivity contribution in [2.45, 2.75) is 26.4 Å². The molecule has 6 heteroatoms. The fourth-order valence-corrected chi connectivity index (χ4v) is 3.88. The summed E-state index contributed by atoms with van der Waals surface area (Å²) in [6.45, 7) is 4.02. The highest BCUT2D eigenvalue weighted by Gasteiger charge is 2.41. The van der Waals surface area contributed by atoms with Gasteiger partial charge in [0.05, 0.1) is 17.5 Å². The van der Waals surface area contributed by atoms with E-state index in [0.29, 0.717) is 22.7 Å². The van der Waals surface area contributed by atoms with E-state index in [9.17, 15) is 9.59 Å². The van der Waals surface area contributed by atoms with Gasteiger partial charge in [0.25, 0.3) is 11.8 Å². The van der Waals surface area contributed by atoms with Crippen molar-refractivity contribution in [3.05, 3.63) is 96.1 Å². The topological polar surface area (TPSA) is 49.9 Å². The molecule has 1 aliphatic heterocycles. The van der Waals surface area contributed by atoms with Crippen molar-refractivity contribution in [3.8, 4) is 5.75 Å². The molecule has 0 aliphatic carbocycles. The number of carbonyl (C=O) groups is 2. The normalized spacial score (nSPS) is 15.0. The van der Waals surface area contributed by atoms with Gasteiger partial charge in [-0.2, -0.15) is 0 Å². The van der Waals surface area contributed by atoms with Gasteiger partial charge >= 0.3 is 0 Å². The number of nitrogens with zero attached hydrogens (tertiary/aromatic N) is 2. The molecular formula is C27H24N2O3S. The first-order valence-electron chi connectivity index (χ1n) is 10.8. The molecule has 166 valence electrons. The van der Waals surface area contributed by atoms with Crippen molar-refractivity contribution in [3.63, 3.8) is 0 Å². The van der Waals surface area contributed by atoms with Crippen molar-refractivity contribution in [2.75, 3.05) is 9.80 Å². The van der Waals surface area contributed by atoms with Gasteiger partial charge in [-0.05, 0) is 62.0 Å². The van der Waals surface area contributed by atoms with Crippen LogP contribution in [0.5, 0.6) is 5.75 Å². The molecule has 0 spiro atoms. The van der Waals surface area contributed by atoms with E-state index in [1.165, 1.54) is 9.80 Å². The third kappa shape index (κ3) is 4.56. The molecule has 1 atom stereocenters. The van der Waals surface area contributed by atoms with E-state index in [1.807, 2.05) is 74.5 Å². The average Bonchev–Trinajstić information content (AvgIpc) is 2.84. The number of anilines is 2. The number of ether oxygens (including phenoxy) is 1. The lowest BCUT2D eigenvalue weighted by atomic mass is 10.0. The lowest BCUT2D eigenvalue weighted by Gasteiger charge is -2.36. The molecule has 0 radical (unpaired) electrons. The molecule has 2 amide bonds. The second kappa shape index (κ2) is 9.79. The monoisotopic (exact) mass is 456 g/mol. The van der Waals surface area contributed by atoms with Crippen molar-refractivity contribution >= 4 is 46.6 Å². The highest BCUT2D eigenvalue weighted by atomic mass is 32.1. The largest absolute Gasteiger partial charge is 0.490 e. The van der Waals surface area contributed by atoms with Gasteiger partial charge in [0.2, 0.25) is 0 Å². The lowest BCUT2D eigenvalue weighted by molar-refractivity contribution is -0.120. The molecule has 0 saturated carbocycles. The van der Waals surface area contributed by atoms with Crippen LogP contribution in [0.15, 0.2) is 90.5 Å². The van der Waals surface area contributed by atoms with Gasteiger partial charge in [-0.25, -0.2) is 0 Å². The van der Waals surface area contributed by atoms with E-state index in [2.05, 4.69) is 0 Å². The molecule has 0 unspecified atom stereocenters. The lowest BCUT2D eigenvalue weighted by Crippen LogP contribution is -2.56. The Hall–Kier alpha value is -3.77. The van der Waals surface area contributed by atoms with E-state index < -0.39 is 11.8 Å². The van der Waals surface area contributed by atoms with Gasteiger partial charge in [-0.15, -0.1) is 0 Å². The molecule has 3 aromatic rings. The van der Waals surface area contributed by atoms with Crippen LogP contribution in [0, 0.1) is 0 Å². The number of carbonyl (C=O) groups excluding carboxylic acids is 2. The first kappa shape index (κ1) is 22.4. The van der Waals surface area contributed by atoms with Crippen LogP contribution in [0.25, 0.3) is 6.08 Å². The van der Waals surface area contributed by atoms with E-state index in [0.717, 1.165) is 6.42 Å². The van der Waals surface area contributed by atoms with Gasteiger partial charge in [-0.1, -0.05) is 61.5 Å². The number of hydrogen-bond donors (Lipinski definition) is 0. The average molecular weight is 457 g/mol. The van der Waals surface area contributed by atoms with E-state index >= 15 is 0 Å². The number of amides is 2. The fraction of sp³-hybridized carbons (Fsp3) is 0.148. The number of para-hydroxylation sites is 3. The van der Waals surface area contributed by atoms with Crippen molar-refractivity contribution in [2.24, 2.45) is 0 Å². The summed E-state index contributed by atoms with van der Waals surface area (Å²) in [5, 5.41) is 0.115. The van der Waals surface area contributed by atoms with Gasteiger partial charge in [0.15, 0.2) is 5.11 Å². The fourth-order valence-electron chi connectivity index (χ4n) is 3.50. The first-order valence-corrected chi connectivity index (χ1v) is 11.2. The van der Waals surface area contributed by atoms with Gasteiger partial charge in [0, 0.05) is 5.56 Å². The minimum Gasteiger partial charge on any atom is -0.490 e. The number of benzene rings is 3. The minimum atomic E-state index is -0.471. The van der Waals surface area contributed by atoms with E-state index in [4.69, 9.17) is 17.0 Å². The Morgan fingerprint density at radius 2 is 1.30 bits per heavy atom. The van der Waals surface area contributed by atoms with Crippen LogP contribution < -0.4 is 14.5 Å². The number of thiocarbonyl (C=S) groups is 1. The standard InChI is InChI=1S/C27H24N2O3S/c1-3-19(2)32-24-17-11-10-12-20(24)18-23-25(30)28(21-13-6-4-7-14-21)27(33)29(26(23)31)22-15-8-5-9-16-22/h4-19H,3H2,1-2H3/t19-/m0/s1. The van der Waals surface area contributed by atoms with Crippen LogP contribution in [0.2, 0.25) is 0 Å². The smallest absolute Gasteiger partial charge is 0.270 e. The summed E-state index contributed by atoms with van der Waals surface area (Å²) in [5.41, 5.74) is 1.85. The highest BCUT2D eigenvalue weighted by molar-refractivity contribution is 7.81. The summed E-state index contributed by atoms with van der Waals surface area (Å²) in [6, 6.07) is 25.6. The summed E-state index contributed by atoms with van der Waals surface area (Å²) < 4.78 is 6.03. The Labute approximate surface area is 198 Å². The Bertz CT molecular complexity index is 1140. The van der Waals surface area contributed by atoms with Crippen LogP contribution in [0.1, 0.15) is 25.8 Å². The molecule has 0 bridgehead atoms. The maximum atomic E-state index is 13.6. The summed E-state index contributed by atoms with van der Waals surface area (Å²) in [5.74, 6) is -0.325. The molecular weight excluding hydrogens is 432 g/mol. The quantitative estimate of drug-likeness (QED) is 0.275. The summed E-state index contributed by atoms with van der Waals surface area (Å²) in [4.78, 5) is 30.0. The molecule has 0 N–H and O–H groups in total. The van der Waals surface area contributed by atoms with Crippen LogP contribution in [0.3, 0.4) is 0 Å². The molecule has 1 heterocycles. The highest BCUT2D eigenvalue weighted by Crippen LogP contribution is 2.31. The van der Waals surface area contributed by atoms with Crippen molar-refractivity contribution in [1.82, 2.24) is 0 Å². The predicted octanol–water partition coefficient (Wildman–Crippen LogP) is 5.61. The molecule has 0 aromatic heterocycles. The van der Waals surface area contributed by atoms with Gasteiger partial charge in [0.1, 0.15) is 11.3 Å². The van der Waals surface area contributed by atoms with Crippen LogP contribution in [0.4, 0.5) is 11.4 Å². The third-order valence-electron chi connectivity index (χ3n) is 5.40. The van der Waals surface area contributed by atoms with Gasteiger partial charge < -0.3 is 4.74 Å². The molecule has 1 fully saturated rings. The Kier molecular flexibility index (Phi) is 6.66. The zero-order valence-corrected chi connectivity index (χ0v) is 19.3. The zero-order chi connectivity index (χ0) is 23.4. The van der Waals surface area contributed by atoms with E-state index in [-0.39, 0.29) is 16.8 Å². The summed E-state index contributed by atoms with van der Waals surface area (Å²) in [7, 11) is 0. The molecule has 33 heavy (non-hydrogen) atoms. The first-order chi connectivity index (χ1) is 16.0. The maximum absolute atomic E-state index is 13.6. The zero-order valence-electron chi connectivity index (χ0n) is 18.5. The summed E-state index contributed by atoms with van der Waals surface area (Å²) in [6.07, 6.45) is 2.42. The van der Waals surface area contributed by atoms with Crippen LogP contribution in [-0.4, -0.2) is 23.0 Å². The molecule has 3 aromatic carbocycles. The second-order valence-corrected chi connectivity index (χ2v) is 8.03. The van der Waals surface area contributed by atoms with Gasteiger partial charge in [-0.3, -0.25) is 19.4 Å². The van der Waals surface area contributed by atoms with Crippen molar-refractivity contribution in [1.29, 1.82) is 0 Å². The maximum Gasteiger partial charge on any atom is 0.270 e. The van der Waals surface area contributed by atoms with E-state index in [1.54, 1.807) is 30.3 Å². The second-order valence-electron chi connectivity index (χ2n) is 7.67. The minimum absolute atomic E-state index is 0.00322. The third-order valence-corrected chi connectivity index (χ3v) is 5.77. The SMILES string of the molecule is CC[C@H](C)Oc1ccccc1C=C1C(=O)N(c2ccccc2)C(=S)N(c2ccccc2)C1=O. The molecule has 1 saturated heterocycles. The number of rotatable bonds is 6. The molecule has 4 rings (SSSR count). The molecule has 5 nitrogen and oxygen atoms in total. The Morgan fingerprint density at radius 1 is 0.818 bits per heavy atom. The Balaban J connectivity index is 1.84. The molecule has 1 aliphatic rings. The van der Waals surface area contributed by atoms with Crippen molar-refractivity contribution < 1.29 is 14.3 Å². The number of hydrogen-bond acceptors (Lipinski definition) is 4. The van der Waals surface area contributed by atoms with Crippen LogP contribution >= 0.6 is 12.2 Å². The van der Waals surface area contributed by atoms with Crippen LogP contribution in [-0.2, 0) is 9.59 Å². The summed E-state index contributed by atoms with van der Waals surface area (Å²) >= 11 is 5.64. The Morgan fingerprint density at radius 3 is 1.82 bits per heavy atom. The predicted molar refractivity (Wildman–Crippen MR) is 135 cm³/mol.